The fourth-order valence-electron chi connectivity index (χ4n) is 7.72. The van der Waals surface area contributed by atoms with Crippen molar-refractivity contribution in [2.45, 2.75) is 296 Å². The minimum Gasteiger partial charge on any atom is -0.466 e. The zero-order valence-corrected chi connectivity index (χ0v) is 36.3. The van der Waals surface area contributed by atoms with Gasteiger partial charge in [-0.05, 0) is 38.5 Å². The second-order valence-corrected chi connectivity index (χ2v) is 16.8. The van der Waals surface area contributed by atoms with Gasteiger partial charge in [-0.2, -0.15) is 0 Å². The van der Waals surface area contributed by atoms with Gasteiger partial charge in [-0.3, -0.25) is 4.79 Å². The van der Waals surface area contributed by atoms with Gasteiger partial charge in [0.25, 0.3) is 0 Å². The SMILES string of the molecule is CCCCCC/C=C\CCCCCCCC(=O)OCCCCCCCCCCCCCCCCCCCCCCCCCCCCCCCCCC. The highest BCUT2D eigenvalue weighted by atomic mass is 16.5. The van der Waals surface area contributed by atoms with E-state index in [1.165, 1.54) is 257 Å². The highest BCUT2D eigenvalue weighted by Crippen LogP contribution is 2.17. The molecule has 0 saturated carbocycles. The summed E-state index contributed by atoms with van der Waals surface area (Å²) in [6.45, 7) is 5.20. The summed E-state index contributed by atoms with van der Waals surface area (Å²) in [6, 6.07) is 0. The van der Waals surface area contributed by atoms with Crippen LogP contribution in [0.5, 0.6) is 0 Å². The Kier molecular flexibility index (Phi) is 47.5. The number of esters is 1. The fraction of sp³-hybridized carbons (Fsp3) is 0.940. The Hall–Kier alpha value is -0.790. The number of hydrogen-bond acceptors (Lipinski definition) is 2. The van der Waals surface area contributed by atoms with E-state index in [0.717, 1.165) is 19.3 Å². The first-order valence-electron chi connectivity index (χ1n) is 24.6. The molecule has 0 rings (SSSR count). The Balaban J connectivity index is 3.14. The highest BCUT2D eigenvalue weighted by molar-refractivity contribution is 5.69. The van der Waals surface area contributed by atoms with E-state index in [-0.39, 0.29) is 5.97 Å². The van der Waals surface area contributed by atoms with Gasteiger partial charge < -0.3 is 4.74 Å². The van der Waals surface area contributed by atoms with E-state index in [2.05, 4.69) is 26.0 Å². The van der Waals surface area contributed by atoms with Crippen LogP contribution in [0.15, 0.2) is 12.2 Å². The third kappa shape index (κ3) is 47.2. The Bertz CT molecular complexity index is 669. The van der Waals surface area contributed by atoms with Crippen molar-refractivity contribution >= 4 is 5.97 Å². The van der Waals surface area contributed by atoms with Crippen LogP contribution in [0.25, 0.3) is 0 Å². The third-order valence-electron chi connectivity index (χ3n) is 11.4. The van der Waals surface area contributed by atoms with Crippen LogP contribution in [0, 0.1) is 0 Å². The molecular weight excluding hydrogens is 633 g/mol. The fourth-order valence-corrected chi connectivity index (χ4v) is 7.72. The van der Waals surface area contributed by atoms with Gasteiger partial charge in [0, 0.05) is 6.42 Å². The van der Waals surface area contributed by atoms with Gasteiger partial charge >= 0.3 is 5.97 Å². The number of rotatable bonds is 46. The first-order chi connectivity index (χ1) is 25.8. The second-order valence-electron chi connectivity index (χ2n) is 16.8. The predicted octanol–water partition coefficient (Wildman–Crippen LogP) is 18.3. The number of allylic oxidation sites excluding steroid dienone is 2. The summed E-state index contributed by atoms with van der Waals surface area (Å²) in [4.78, 5) is 12.0. The molecule has 0 aromatic carbocycles. The zero-order valence-electron chi connectivity index (χ0n) is 36.3. The Morgan fingerprint density at radius 1 is 0.308 bits per heavy atom. The quantitative estimate of drug-likeness (QED) is 0.0354. The molecule has 0 spiro atoms. The minimum absolute atomic E-state index is 0.0201. The number of hydrogen-bond donors (Lipinski definition) is 0. The molecule has 0 saturated heterocycles. The summed E-state index contributed by atoms with van der Waals surface area (Å²) in [5.41, 5.74) is 0. The molecule has 0 bridgehead atoms. The largest absolute Gasteiger partial charge is 0.466 e. The summed E-state index contributed by atoms with van der Waals surface area (Å²) in [5, 5.41) is 0. The molecule has 0 atom stereocenters. The molecule has 0 aromatic rings. The maximum atomic E-state index is 12.0. The van der Waals surface area contributed by atoms with Crippen molar-refractivity contribution in [1.29, 1.82) is 0 Å². The second kappa shape index (κ2) is 48.2. The molecule has 0 aliphatic rings. The standard InChI is InChI=1S/C50H98O2/c1-3-5-7-9-11-13-15-17-18-19-20-21-22-23-24-25-26-27-28-29-30-31-32-33-34-35-37-39-41-43-45-47-49-52-50(51)48-46-44-42-40-38-36-16-14-12-10-8-6-4-2/h14,16H,3-13,15,17-49H2,1-2H3/b16-14-. The van der Waals surface area contributed by atoms with E-state index in [0.29, 0.717) is 13.0 Å². The molecule has 2 heteroatoms. The predicted molar refractivity (Wildman–Crippen MR) is 235 cm³/mol. The number of carbonyl (C=O) groups excluding carboxylic acids is 1. The number of ether oxygens (including phenoxy) is 1. The van der Waals surface area contributed by atoms with Crippen molar-refractivity contribution in [3.8, 4) is 0 Å². The van der Waals surface area contributed by atoms with Crippen LogP contribution >= 0.6 is 0 Å². The van der Waals surface area contributed by atoms with Gasteiger partial charge in [0.15, 0.2) is 0 Å². The molecule has 310 valence electrons. The molecule has 0 fully saturated rings. The lowest BCUT2D eigenvalue weighted by atomic mass is 10.0. The number of unbranched alkanes of at least 4 members (excludes halogenated alkanes) is 40. The molecular formula is C50H98O2. The van der Waals surface area contributed by atoms with Crippen LogP contribution in [0.3, 0.4) is 0 Å². The maximum absolute atomic E-state index is 12.0. The summed E-state index contributed by atoms with van der Waals surface area (Å²) in [5.74, 6) is 0.0201. The molecule has 0 amide bonds. The van der Waals surface area contributed by atoms with Crippen molar-refractivity contribution < 1.29 is 9.53 Å². The van der Waals surface area contributed by atoms with Crippen molar-refractivity contribution in [2.24, 2.45) is 0 Å². The van der Waals surface area contributed by atoms with Gasteiger partial charge in [0.05, 0.1) is 6.61 Å². The summed E-state index contributed by atoms with van der Waals surface area (Å²) in [7, 11) is 0. The first-order valence-corrected chi connectivity index (χ1v) is 24.6. The van der Waals surface area contributed by atoms with Crippen molar-refractivity contribution in [2.75, 3.05) is 6.61 Å². The zero-order chi connectivity index (χ0) is 37.5. The molecule has 0 aromatic heterocycles. The Labute approximate surface area is 329 Å². The third-order valence-corrected chi connectivity index (χ3v) is 11.4. The van der Waals surface area contributed by atoms with Crippen LogP contribution in [0.1, 0.15) is 296 Å². The molecule has 0 heterocycles. The smallest absolute Gasteiger partial charge is 0.305 e. The van der Waals surface area contributed by atoms with Crippen LogP contribution < -0.4 is 0 Å². The van der Waals surface area contributed by atoms with Crippen LogP contribution in [0.2, 0.25) is 0 Å². The summed E-state index contributed by atoms with van der Waals surface area (Å²) in [6.07, 6.45) is 65.0. The van der Waals surface area contributed by atoms with Crippen molar-refractivity contribution in [1.82, 2.24) is 0 Å². The van der Waals surface area contributed by atoms with E-state index in [1.54, 1.807) is 0 Å². The normalized spacial score (nSPS) is 11.7. The molecule has 52 heavy (non-hydrogen) atoms. The van der Waals surface area contributed by atoms with E-state index in [4.69, 9.17) is 4.74 Å². The van der Waals surface area contributed by atoms with E-state index in [9.17, 15) is 4.79 Å². The molecule has 0 aliphatic carbocycles. The maximum Gasteiger partial charge on any atom is 0.305 e. The van der Waals surface area contributed by atoms with Crippen LogP contribution in [-0.4, -0.2) is 12.6 Å². The lowest BCUT2D eigenvalue weighted by molar-refractivity contribution is -0.143. The van der Waals surface area contributed by atoms with Crippen LogP contribution in [-0.2, 0) is 9.53 Å². The van der Waals surface area contributed by atoms with Gasteiger partial charge in [0.1, 0.15) is 0 Å². The van der Waals surface area contributed by atoms with Gasteiger partial charge in [-0.25, -0.2) is 0 Å². The van der Waals surface area contributed by atoms with E-state index in [1.807, 2.05) is 0 Å². The van der Waals surface area contributed by atoms with E-state index < -0.39 is 0 Å². The topological polar surface area (TPSA) is 26.3 Å². The van der Waals surface area contributed by atoms with Gasteiger partial charge in [0.2, 0.25) is 0 Å². The first kappa shape index (κ1) is 51.2. The minimum atomic E-state index is 0.0201. The average Bonchev–Trinajstić information content (AvgIpc) is 3.15. The number of carbonyl (C=O) groups is 1. The lowest BCUT2D eigenvalue weighted by Gasteiger charge is -2.06. The van der Waals surface area contributed by atoms with Crippen molar-refractivity contribution in [3.63, 3.8) is 0 Å². The lowest BCUT2D eigenvalue weighted by Crippen LogP contribution is -2.05. The summed E-state index contributed by atoms with van der Waals surface area (Å²) >= 11 is 0. The monoisotopic (exact) mass is 731 g/mol. The highest BCUT2D eigenvalue weighted by Gasteiger charge is 2.03. The molecule has 0 radical (unpaired) electrons. The molecule has 2 nitrogen and oxygen atoms in total. The average molecular weight is 731 g/mol. The Morgan fingerprint density at radius 3 is 0.846 bits per heavy atom. The molecule has 0 aliphatic heterocycles. The van der Waals surface area contributed by atoms with Crippen molar-refractivity contribution in [3.05, 3.63) is 12.2 Å². The molecule has 0 N–H and O–H groups in total. The molecule has 0 unspecified atom stereocenters. The summed E-state index contributed by atoms with van der Waals surface area (Å²) < 4.78 is 5.47. The van der Waals surface area contributed by atoms with Crippen LogP contribution in [0.4, 0.5) is 0 Å². The van der Waals surface area contributed by atoms with E-state index >= 15 is 0 Å². The Morgan fingerprint density at radius 2 is 0.538 bits per heavy atom. The van der Waals surface area contributed by atoms with Gasteiger partial charge in [-0.15, -0.1) is 0 Å². The van der Waals surface area contributed by atoms with Gasteiger partial charge in [-0.1, -0.05) is 264 Å².